The maximum absolute atomic E-state index is 12.0. The van der Waals surface area contributed by atoms with Crippen LogP contribution in [0.1, 0.15) is 31.7 Å². The second kappa shape index (κ2) is 16.4. The number of hydrogen-bond donors (Lipinski definition) is 0. The Kier molecular flexibility index (Phi) is 15.6. The van der Waals surface area contributed by atoms with Gasteiger partial charge in [-0.15, -0.1) is 0 Å². The summed E-state index contributed by atoms with van der Waals surface area (Å²) >= 11 is 0. The van der Waals surface area contributed by atoms with Gasteiger partial charge >= 0.3 is 48.8 Å². The van der Waals surface area contributed by atoms with E-state index in [-0.39, 0.29) is 12.6 Å². The molecule has 0 fully saturated rings. The third-order valence-electron chi connectivity index (χ3n) is 6.35. The minimum Gasteiger partial charge on any atom is -0.462 e. The van der Waals surface area contributed by atoms with Crippen LogP contribution in [0.15, 0.2) is 42.5 Å². The van der Waals surface area contributed by atoms with Gasteiger partial charge in [-0.2, -0.15) is 0 Å². The Hall–Kier alpha value is -0.292. The lowest BCUT2D eigenvalue weighted by Gasteiger charge is -2.45. The monoisotopic (exact) mass is 748 g/mol. The van der Waals surface area contributed by atoms with Crippen molar-refractivity contribution < 1.29 is 34.2 Å². The average Bonchev–Trinajstić information content (AvgIpc) is 2.76. The van der Waals surface area contributed by atoms with E-state index in [1.165, 1.54) is 5.56 Å². The first-order valence-electron chi connectivity index (χ1n) is 16.1. The van der Waals surface area contributed by atoms with Gasteiger partial charge in [0.2, 0.25) is 0 Å². The summed E-state index contributed by atoms with van der Waals surface area (Å²) in [4.78, 5) is 12.0. The molecular formula is C30H64O8Si7. The van der Waals surface area contributed by atoms with E-state index in [9.17, 15) is 4.79 Å². The molecule has 0 spiro atoms. The van der Waals surface area contributed by atoms with Gasteiger partial charge in [0.05, 0.1) is 6.61 Å². The number of ether oxygens (including phenoxy) is 1. The average molecular weight is 749 g/mol. The predicted octanol–water partition coefficient (Wildman–Crippen LogP) is 9.32. The van der Waals surface area contributed by atoms with Crippen molar-refractivity contribution in [3.05, 3.63) is 48.0 Å². The summed E-state index contributed by atoms with van der Waals surface area (Å²) in [5.74, 6) is -0.0820. The van der Waals surface area contributed by atoms with Crippen LogP contribution in [-0.4, -0.2) is 72.0 Å². The van der Waals surface area contributed by atoms with Gasteiger partial charge < -0.3 is 29.4 Å². The fourth-order valence-electron chi connectivity index (χ4n) is 5.96. The van der Waals surface area contributed by atoms with Crippen molar-refractivity contribution in [2.45, 2.75) is 130 Å². The SMILES string of the molecule is C=C(C)C(=O)OCCC[Si](C)(O[Si](C)(C)O[Si](C)(C)C)O[Si](C)(C)O[Si](C)(C)O[Si](C)(CC(C)c1ccccc1)O[Si](C)(C)C. The van der Waals surface area contributed by atoms with Gasteiger partial charge in [0.1, 0.15) is 0 Å². The highest BCUT2D eigenvalue weighted by Gasteiger charge is 2.50. The standard InChI is InChI=1S/C30H64O8Si7/c1-27(2)30(31)32-24-21-25-44(16,36-41(10,11)33-39(4,5)6)37-42(12,13)35-43(14,15)38-45(17,34-40(7,8)9)26-28(3)29-22-19-18-20-23-29/h18-20,22-23,28H,1,21,24-26H2,2-17H3. The molecule has 3 atom stereocenters. The summed E-state index contributed by atoms with van der Waals surface area (Å²) in [6.45, 7) is 37.9. The zero-order valence-electron chi connectivity index (χ0n) is 31.3. The molecule has 1 aromatic carbocycles. The summed E-state index contributed by atoms with van der Waals surface area (Å²) in [5.41, 5.74) is 1.68. The Morgan fingerprint density at radius 1 is 0.667 bits per heavy atom. The van der Waals surface area contributed by atoms with Crippen LogP contribution in [-0.2, 0) is 34.2 Å². The molecule has 15 heteroatoms. The molecule has 1 aromatic rings. The van der Waals surface area contributed by atoms with E-state index >= 15 is 0 Å². The topological polar surface area (TPSA) is 81.7 Å². The van der Waals surface area contributed by atoms with Crippen LogP contribution in [0.5, 0.6) is 0 Å². The van der Waals surface area contributed by atoms with Gasteiger partial charge in [-0.3, -0.25) is 0 Å². The van der Waals surface area contributed by atoms with E-state index in [4.69, 9.17) is 29.4 Å². The van der Waals surface area contributed by atoms with Crippen molar-refractivity contribution in [1.29, 1.82) is 0 Å². The first-order valence-corrected chi connectivity index (χ1v) is 36.5. The van der Waals surface area contributed by atoms with Crippen molar-refractivity contribution in [3.8, 4) is 0 Å². The molecule has 0 aliphatic carbocycles. The summed E-state index contributed by atoms with van der Waals surface area (Å²) in [5, 5.41) is 0. The second-order valence-corrected chi connectivity index (χ2v) is 43.0. The zero-order chi connectivity index (χ0) is 35.1. The number of carbonyl (C=O) groups excluding carboxylic acids is 1. The van der Waals surface area contributed by atoms with E-state index in [0.717, 1.165) is 6.04 Å². The van der Waals surface area contributed by atoms with Crippen LogP contribution >= 0.6 is 0 Å². The number of rotatable bonds is 20. The lowest BCUT2D eigenvalue weighted by molar-refractivity contribution is -0.138. The van der Waals surface area contributed by atoms with Crippen LogP contribution in [0, 0.1) is 0 Å². The Bertz CT molecular complexity index is 1110. The van der Waals surface area contributed by atoms with Crippen LogP contribution in [0.25, 0.3) is 0 Å². The highest BCUT2D eigenvalue weighted by atomic mass is 28.5. The lowest BCUT2D eigenvalue weighted by atomic mass is 10.0. The Morgan fingerprint density at radius 3 is 1.56 bits per heavy atom. The molecule has 0 heterocycles. The van der Waals surface area contributed by atoms with Gasteiger partial charge in [0, 0.05) is 5.57 Å². The van der Waals surface area contributed by atoms with Crippen LogP contribution in [0.3, 0.4) is 0 Å². The number of hydrogen-bond acceptors (Lipinski definition) is 8. The van der Waals surface area contributed by atoms with Crippen LogP contribution < -0.4 is 0 Å². The molecule has 0 aromatic heterocycles. The molecule has 0 radical (unpaired) electrons. The van der Waals surface area contributed by atoms with Gasteiger partial charge in [-0.1, -0.05) is 43.8 Å². The maximum Gasteiger partial charge on any atom is 0.333 e. The normalized spacial score (nSPS) is 16.9. The van der Waals surface area contributed by atoms with E-state index in [2.05, 4.69) is 135 Å². The molecule has 0 saturated heterocycles. The molecule has 0 aliphatic heterocycles. The van der Waals surface area contributed by atoms with E-state index < -0.39 is 59.4 Å². The van der Waals surface area contributed by atoms with Crippen molar-refractivity contribution >= 4 is 65.4 Å². The first kappa shape index (κ1) is 42.7. The number of esters is 1. The fraction of sp³-hybridized carbons (Fsp3) is 0.700. The molecule has 0 saturated carbocycles. The van der Waals surface area contributed by atoms with E-state index in [1.807, 2.05) is 0 Å². The third kappa shape index (κ3) is 18.2. The first-order chi connectivity index (χ1) is 20.1. The molecule has 0 bridgehead atoms. The minimum absolute atomic E-state index is 0.279. The van der Waals surface area contributed by atoms with Crippen molar-refractivity contribution in [1.82, 2.24) is 0 Å². The third-order valence-corrected chi connectivity index (χ3v) is 32.6. The molecule has 0 aliphatic rings. The van der Waals surface area contributed by atoms with Crippen molar-refractivity contribution in [3.63, 3.8) is 0 Å². The molecule has 0 amide bonds. The summed E-state index contributed by atoms with van der Waals surface area (Å²) < 4.78 is 46.8. The van der Waals surface area contributed by atoms with Gasteiger partial charge in [0.25, 0.3) is 0 Å². The number of benzene rings is 1. The van der Waals surface area contributed by atoms with Crippen LogP contribution in [0.2, 0.25) is 104 Å². The lowest BCUT2D eigenvalue weighted by Crippen LogP contribution is -2.62. The van der Waals surface area contributed by atoms with Gasteiger partial charge in [-0.05, 0) is 129 Å². The summed E-state index contributed by atoms with van der Waals surface area (Å²) in [6.07, 6.45) is 0.618. The molecule has 3 unspecified atom stereocenters. The molecule has 260 valence electrons. The predicted molar refractivity (Wildman–Crippen MR) is 204 cm³/mol. The van der Waals surface area contributed by atoms with Crippen molar-refractivity contribution in [2.75, 3.05) is 6.61 Å². The minimum atomic E-state index is -2.85. The smallest absolute Gasteiger partial charge is 0.333 e. The Balaban J connectivity index is 3.23. The highest BCUT2D eigenvalue weighted by molar-refractivity contribution is 6.92. The zero-order valence-corrected chi connectivity index (χ0v) is 38.3. The van der Waals surface area contributed by atoms with E-state index in [0.29, 0.717) is 24.0 Å². The summed E-state index contributed by atoms with van der Waals surface area (Å²) in [6, 6.07) is 12.1. The second-order valence-electron chi connectivity index (χ2n) is 15.8. The van der Waals surface area contributed by atoms with Gasteiger partial charge in [0.15, 0.2) is 16.6 Å². The molecule has 45 heavy (non-hydrogen) atoms. The van der Waals surface area contributed by atoms with Crippen LogP contribution in [0.4, 0.5) is 0 Å². The molecular weight excluding hydrogens is 685 g/mol. The van der Waals surface area contributed by atoms with Gasteiger partial charge in [-0.25, -0.2) is 4.79 Å². The van der Waals surface area contributed by atoms with Crippen molar-refractivity contribution in [2.24, 2.45) is 0 Å². The fourth-order valence-corrected chi connectivity index (χ4v) is 40.6. The molecule has 1 rings (SSSR count). The quantitative estimate of drug-likeness (QED) is 0.0565. The Labute approximate surface area is 283 Å². The Morgan fingerprint density at radius 2 is 1.11 bits per heavy atom. The highest BCUT2D eigenvalue weighted by Crippen LogP contribution is 2.34. The molecule has 8 nitrogen and oxygen atoms in total. The van der Waals surface area contributed by atoms with E-state index in [1.54, 1.807) is 6.92 Å². The molecule has 0 N–H and O–H groups in total. The number of carbonyl (C=O) groups is 1. The largest absolute Gasteiger partial charge is 0.462 e. The maximum atomic E-state index is 12.0. The summed E-state index contributed by atoms with van der Waals surface area (Å²) in [7, 11) is -17.3.